The Morgan fingerprint density at radius 2 is 1.95 bits per heavy atom. The molecule has 3 N–H and O–H groups in total. The van der Waals surface area contributed by atoms with E-state index in [1.807, 2.05) is 27.7 Å². The van der Waals surface area contributed by atoms with Crippen LogP contribution in [-0.2, 0) is 11.2 Å². The molecule has 0 heterocycles. The molecule has 5 heteroatoms. The molecule has 0 aromatic heterocycles. The van der Waals surface area contributed by atoms with Gasteiger partial charge in [-0.25, -0.2) is 8.78 Å². The number of halogens is 2. The maximum Gasteiger partial charge on any atom is 0.126 e. The second-order valence-corrected chi connectivity index (χ2v) is 5.95. The fraction of sp³-hybridized carbons (Fsp3) is 0.600. The topological polar surface area (TPSA) is 47.3 Å². The van der Waals surface area contributed by atoms with E-state index in [0.29, 0.717) is 12.2 Å². The predicted octanol–water partition coefficient (Wildman–Crippen LogP) is 2.79. The van der Waals surface area contributed by atoms with Gasteiger partial charge in [-0.1, -0.05) is 20.8 Å². The largest absolute Gasteiger partial charge is 0.376 e. The van der Waals surface area contributed by atoms with Gasteiger partial charge in [-0.2, -0.15) is 0 Å². The fourth-order valence-electron chi connectivity index (χ4n) is 2.34. The van der Waals surface area contributed by atoms with E-state index in [9.17, 15) is 8.78 Å². The maximum atomic E-state index is 13.7. The van der Waals surface area contributed by atoms with Crippen molar-refractivity contribution in [1.82, 2.24) is 5.43 Å². The first-order valence-electron chi connectivity index (χ1n) is 6.81. The second kappa shape index (κ2) is 7.11. The van der Waals surface area contributed by atoms with E-state index in [0.717, 1.165) is 12.1 Å². The molecular formula is C15H24F2N2O. The molecule has 0 aliphatic rings. The van der Waals surface area contributed by atoms with Crippen LogP contribution in [0.2, 0.25) is 0 Å². The molecule has 0 aliphatic carbocycles. The van der Waals surface area contributed by atoms with Crippen molar-refractivity contribution in [1.29, 1.82) is 0 Å². The summed E-state index contributed by atoms with van der Waals surface area (Å²) >= 11 is 0. The average Bonchev–Trinajstić information content (AvgIpc) is 2.36. The monoisotopic (exact) mass is 286 g/mol. The van der Waals surface area contributed by atoms with E-state index in [4.69, 9.17) is 10.6 Å². The number of ether oxygens (including phenoxy) is 1. The minimum absolute atomic E-state index is 0.170. The van der Waals surface area contributed by atoms with Crippen LogP contribution < -0.4 is 11.3 Å². The molecule has 0 spiro atoms. The highest BCUT2D eigenvalue weighted by atomic mass is 19.1. The lowest BCUT2D eigenvalue weighted by Gasteiger charge is -2.36. The van der Waals surface area contributed by atoms with Gasteiger partial charge in [0.25, 0.3) is 0 Å². The minimum Gasteiger partial charge on any atom is -0.376 e. The number of rotatable bonds is 6. The van der Waals surface area contributed by atoms with Crippen LogP contribution in [0.5, 0.6) is 0 Å². The lowest BCUT2D eigenvalue weighted by molar-refractivity contribution is -0.0357. The summed E-state index contributed by atoms with van der Waals surface area (Å²) in [6.45, 7) is 8.51. The van der Waals surface area contributed by atoms with Gasteiger partial charge in [0.1, 0.15) is 11.6 Å². The third-order valence-electron chi connectivity index (χ3n) is 3.23. The molecule has 0 saturated carbocycles. The predicted molar refractivity (Wildman–Crippen MR) is 76.0 cm³/mol. The van der Waals surface area contributed by atoms with Gasteiger partial charge >= 0.3 is 0 Å². The first kappa shape index (κ1) is 17.0. The van der Waals surface area contributed by atoms with Gasteiger partial charge < -0.3 is 4.74 Å². The second-order valence-electron chi connectivity index (χ2n) is 5.95. The van der Waals surface area contributed by atoms with Crippen LogP contribution in [0.25, 0.3) is 0 Å². The van der Waals surface area contributed by atoms with Crippen LogP contribution in [0.1, 0.15) is 33.3 Å². The fourth-order valence-corrected chi connectivity index (χ4v) is 2.34. The highest BCUT2D eigenvalue weighted by Crippen LogP contribution is 2.27. The summed E-state index contributed by atoms with van der Waals surface area (Å²) < 4.78 is 32.7. The van der Waals surface area contributed by atoms with E-state index in [1.165, 1.54) is 6.07 Å². The van der Waals surface area contributed by atoms with Crippen molar-refractivity contribution in [2.45, 2.75) is 46.3 Å². The highest BCUT2D eigenvalue weighted by molar-refractivity contribution is 5.20. The van der Waals surface area contributed by atoms with E-state index in [1.54, 1.807) is 0 Å². The lowest BCUT2D eigenvalue weighted by atomic mass is 9.82. The van der Waals surface area contributed by atoms with E-state index >= 15 is 0 Å². The molecule has 0 amide bonds. The van der Waals surface area contributed by atoms with Crippen molar-refractivity contribution in [3.8, 4) is 0 Å². The summed E-state index contributed by atoms with van der Waals surface area (Å²) in [6.07, 6.45) is 0.0577. The number of hydrazine groups is 1. The molecule has 0 fully saturated rings. The van der Waals surface area contributed by atoms with Crippen LogP contribution in [0.15, 0.2) is 18.2 Å². The third-order valence-corrected chi connectivity index (χ3v) is 3.23. The van der Waals surface area contributed by atoms with Gasteiger partial charge in [-0.15, -0.1) is 0 Å². The number of nitrogens with one attached hydrogen (secondary N) is 1. The highest BCUT2D eigenvalue weighted by Gasteiger charge is 2.33. The van der Waals surface area contributed by atoms with Crippen molar-refractivity contribution < 1.29 is 13.5 Å². The zero-order valence-electron chi connectivity index (χ0n) is 12.5. The molecule has 0 bridgehead atoms. The number of hydrogen-bond acceptors (Lipinski definition) is 3. The summed E-state index contributed by atoms with van der Waals surface area (Å²) in [4.78, 5) is 0. The van der Waals surface area contributed by atoms with Gasteiger partial charge in [-0.3, -0.25) is 11.3 Å². The van der Waals surface area contributed by atoms with Gasteiger partial charge in [-0.05, 0) is 42.5 Å². The van der Waals surface area contributed by atoms with Crippen molar-refractivity contribution >= 4 is 0 Å². The van der Waals surface area contributed by atoms with E-state index in [-0.39, 0.29) is 24.0 Å². The van der Waals surface area contributed by atoms with E-state index < -0.39 is 11.6 Å². The molecule has 0 saturated heterocycles. The zero-order chi connectivity index (χ0) is 15.3. The zero-order valence-corrected chi connectivity index (χ0v) is 12.5. The van der Waals surface area contributed by atoms with Gasteiger partial charge in [0.2, 0.25) is 0 Å². The number of hydrogen-bond donors (Lipinski definition) is 2. The molecule has 2 atom stereocenters. The molecule has 0 aliphatic heterocycles. The lowest BCUT2D eigenvalue weighted by Crippen LogP contribution is -2.52. The molecule has 2 unspecified atom stereocenters. The molecule has 1 aromatic rings. The summed E-state index contributed by atoms with van der Waals surface area (Å²) in [7, 11) is 0. The average molecular weight is 286 g/mol. The van der Waals surface area contributed by atoms with E-state index in [2.05, 4.69) is 5.43 Å². The van der Waals surface area contributed by atoms with Crippen molar-refractivity contribution in [3.05, 3.63) is 35.4 Å². The first-order chi connectivity index (χ1) is 9.29. The molecular weight excluding hydrogens is 262 g/mol. The Kier molecular flexibility index (Phi) is 6.05. The summed E-state index contributed by atoms with van der Waals surface area (Å²) in [6, 6.07) is 3.13. The summed E-state index contributed by atoms with van der Waals surface area (Å²) in [5.74, 6) is 4.70. The Hall–Kier alpha value is -1.04. The summed E-state index contributed by atoms with van der Waals surface area (Å²) in [5.41, 5.74) is 2.80. The van der Waals surface area contributed by atoms with Gasteiger partial charge in [0.15, 0.2) is 0 Å². The quantitative estimate of drug-likeness (QED) is 0.624. The first-order valence-corrected chi connectivity index (χ1v) is 6.81. The van der Waals surface area contributed by atoms with Gasteiger partial charge in [0.05, 0.1) is 12.1 Å². The third kappa shape index (κ3) is 4.51. The Balaban J connectivity index is 2.97. The minimum atomic E-state index is -0.458. The van der Waals surface area contributed by atoms with Crippen LogP contribution in [0.3, 0.4) is 0 Å². The summed E-state index contributed by atoms with van der Waals surface area (Å²) in [5, 5.41) is 0. The number of nitrogens with two attached hydrogens (primary N) is 1. The van der Waals surface area contributed by atoms with Crippen LogP contribution >= 0.6 is 0 Å². The van der Waals surface area contributed by atoms with Gasteiger partial charge in [0, 0.05) is 6.61 Å². The Morgan fingerprint density at radius 1 is 1.30 bits per heavy atom. The molecule has 1 rings (SSSR count). The maximum absolute atomic E-state index is 13.7. The normalized spacial score (nSPS) is 15.2. The molecule has 114 valence electrons. The molecule has 20 heavy (non-hydrogen) atoms. The molecule has 1 aromatic carbocycles. The standard InChI is InChI=1S/C15H24F2N2O/c1-5-20-14(15(2,3)4)13(19-18)9-10-8-11(16)6-7-12(10)17/h6-8,13-14,19H,5,9,18H2,1-4H3. The van der Waals surface area contributed by atoms with Crippen LogP contribution in [0.4, 0.5) is 8.78 Å². The Morgan fingerprint density at radius 3 is 2.45 bits per heavy atom. The van der Waals surface area contributed by atoms with Crippen molar-refractivity contribution in [3.63, 3.8) is 0 Å². The Labute approximate surface area is 119 Å². The SMILES string of the molecule is CCOC(C(Cc1cc(F)ccc1F)NN)C(C)(C)C. The van der Waals surface area contributed by atoms with Crippen LogP contribution in [0, 0.1) is 17.0 Å². The smallest absolute Gasteiger partial charge is 0.126 e. The molecule has 0 radical (unpaired) electrons. The Bertz CT molecular complexity index is 432. The van der Waals surface area contributed by atoms with Crippen molar-refractivity contribution in [2.75, 3.05) is 6.61 Å². The van der Waals surface area contributed by atoms with Crippen LogP contribution in [-0.4, -0.2) is 18.8 Å². The molecule has 3 nitrogen and oxygen atoms in total. The van der Waals surface area contributed by atoms with Crippen molar-refractivity contribution in [2.24, 2.45) is 11.3 Å². The number of benzene rings is 1.